The lowest BCUT2D eigenvalue weighted by Crippen LogP contribution is -2.31. The van der Waals surface area contributed by atoms with Gasteiger partial charge in [-0.25, -0.2) is 0 Å². The molecule has 0 radical (unpaired) electrons. The van der Waals surface area contributed by atoms with E-state index in [1.54, 1.807) is 6.07 Å². The summed E-state index contributed by atoms with van der Waals surface area (Å²) in [6.07, 6.45) is 0. The van der Waals surface area contributed by atoms with Gasteiger partial charge in [-0.1, -0.05) is 0 Å². The number of furan rings is 1. The molecule has 0 bridgehead atoms. The van der Waals surface area contributed by atoms with Crippen molar-refractivity contribution in [3.05, 3.63) is 17.9 Å². The molecule has 0 saturated heterocycles. The number of aliphatic hydroxyl groups excluding tert-OH is 1. The molecule has 15 heavy (non-hydrogen) atoms. The van der Waals surface area contributed by atoms with E-state index in [0.29, 0.717) is 12.6 Å². The molecule has 4 nitrogen and oxygen atoms in total. The van der Waals surface area contributed by atoms with Crippen LogP contribution >= 0.6 is 0 Å². The van der Waals surface area contributed by atoms with Crippen molar-refractivity contribution in [3.63, 3.8) is 0 Å². The predicted octanol–water partition coefficient (Wildman–Crippen LogP) is 1.71. The molecule has 1 aromatic rings. The molecule has 0 aliphatic heterocycles. The maximum absolute atomic E-state index is 8.90. The highest BCUT2D eigenvalue weighted by Crippen LogP contribution is 2.21. The standard InChI is InChI=1S/C11H19NO3/c1-4-14-11-6-5-10(15-11)9(3)12-8(2)7-13/h5-6,8-9,12-13H,4,7H2,1-3H3. The van der Waals surface area contributed by atoms with Gasteiger partial charge in [-0.2, -0.15) is 0 Å². The van der Waals surface area contributed by atoms with Crippen molar-refractivity contribution in [2.45, 2.75) is 32.9 Å². The second kappa shape index (κ2) is 5.78. The minimum Gasteiger partial charge on any atom is -0.465 e. The van der Waals surface area contributed by atoms with Gasteiger partial charge < -0.3 is 19.6 Å². The lowest BCUT2D eigenvalue weighted by molar-refractivity contribution is 0.224. The maximum atomic E-state index is 8.90. The molecule has 0 aromatic carbocycles. The van der Waals surface area contributed by atoms with E-state index in [4.69, 9.17) is 14.3 Å². The molecule has 86 valence electrons. The summed E-state index contributed by atoms with van der Waals surface area (Å²) in [5, 5.41) is 12.1. The van der Waals surface area contributed by atoms with Gasteiger partial charge in [0.05, 0.1) is 19.3 Å². The number of rotatable bonds is 6. The summed E-state index contributed by atoms with van der Waals surface area (Å²) in [4.78, 5) is 0. The lowest BCUT2D eigenvalue weighted by atomic mass is 10.2. The lowest BCUT2D eigenvalue weighted by Gasteiger charge is -2.15. The van der Waals surface area contributed by atoms with Crippen LogP contribution in [0.5, 0.6) is 5.95 Å². The fourth-order valence-electron chi connectivity index (χ4n) is 1.35. The molecule has 0 aliphatic rings. The van der Waals surface area contributed by atoms with Gasteiger partial charge in [0.15, 0.2) is 0 Å². The average molecular weight is 213 g/mol. The Bertz CT molecular complexity index is 285. The largest absolute Gasteiger partial charge is 0.465 e. The van der Waals surface area contributed by atoms with Gasteiger partial charge in [-0.3, -0.25) is 0 Å². The van der Waals surface area contributed by atoms with Crippen LogP contribution < -0.4 is 10.1 Å². The van der Waals surface area contributed by atoms with Gasteiger partial charge >= 0.3 is 0 Å². The Balaban J connectivity index is 2.53. The van der Waals surface area contributed by atoms with E-state index >= 15 is 0 Å². The highest BCUT2D eigenvalue weighted by molar-refractivity contribution is 5.14. The van der Waals surface area contributed by atoms with Crippen molar-refractivity contribution in [3.8, 4) is 5.95 Å². The minimum atomic E-state index is 0.0562. The summed E-state index contributed by atoms with van der Waals surface area (Å²) in [5.41, 5.74) is 0. The summed E-state index contributed by atoms with van der Waals surface area (Å²) in [6, 6.07) is 3.81. The molecule has 0 aliphatic carbocycles. The summed E-state index contributed by atoms with van der Waals surface area (Å²) in [6.45, 7) is 6.53. The first-order valence-electron chi connectivity index (χ1n) is 5.26. The van der Waals surface area contributed by atoms with Gasteiger partial charge in [0.2, 0.25) is 0 Å². The number of hydrogen-bond donors (Lipinski definition) is 2. The van der Waals surface area contributed by atoms with E-state index < -0.39 is 0 Å². The average Bonchev–Trinajstić information content (AvgIpc) is 2.67. The van der Waals surface area contributed by atoms with Crippen LogP contribution in [-0.2, 0) is 0 Å². The predicted molar refractivity (Wildman–Crippen MR) is 58.0 cm³/mol. The summed E-state index contributed by atoms with van der Waals surface area (Å²) in [7, 11) is 0. The van der Waals surface area contributed by atoms with Crippen LogP contribution in [0.3, 0.4) is 0 Å². The van der Waals surface area contributed by atoms with E-state index in [-0.39, 0.29) is 18.7 Å². The molecule has 0 spiro atoms. The molecule has 1 aromatic heterocycles. The first kappa shape index (κ1) is 12.1. The first-order chi connectivity index (χ1) is 7.17. The number of aliphatic hydroxyl groups is 1. The number of nitrogens with one attached hydrogen (secondary N) is 1. The molecule has 2 N–H and O–H groups in total. The molecule has 2 atom stereocenters. The zero-order chi connectivity index (χ0) is 11.3. The van der Waals surface area contributed by atoms with Crippen LogP contribution in [0.15, 0.2) is 16.5 Å². The van der Waals surface area contributed by atoms with Crippen LogP contribution in [0.25, 0.3) is 0 Å². The Kier molecular flexibility index (Phi) is 4.65. The maximum Gasteiger partial charge on any atom is 0.284 e. The third kappa shape index (κ3) is 3.57. The van der Waals surface area contributed by atoms with Gasteiger partial charge in [0.1, 0.15) is 5.76 Å². The minimum absolute atomic E-state index is 0.0562. The number of ether oxygens (including phenoxy) is 1. The van der Waals surface area contributed by atoms with Crippen LogP contribution in [0.2, 0.25) is 0 Å². The van der Waals surface area contributed by atoms with Crippen molar-refractivity contribution < 1.29 is 14.3 Å². The Labute approximate surface area is 90.2 Å². The zero-order valence-corrected chi connectivity index (χ0v) is 9.49. The van der Waals surface area contributed by atoms with Crippen LogP contribution in [0.1, 0.15) is 32.6 Å². The normalized spacial score (nSPS) is 14.9. The topological polar surface area (TPSA) is 54.6 Å². The van der Waals surface area contributed by atoms with E-state index in [1.807, 2.05) is 26.8 Å². The molecule has 0 fully saturated rings. The number of hydrogen-bond acceptors (Lipinski definition) is 4. The van der Waals surface area contributed by atoms with E-state index in [0.717, 1.165) is 5.76 Å². The fraction of sp³-hybridized carbons (Fsp3) is 0.636. The Morgan fingerprint density at radius 2 is 2.20 bits per heavy atom. The molecular weight excluding hydrogens is 194 g/mol. The van der Waals surface area contributed by atoms with Gasteiger partial charge in [-0.05, 0) is 26.8 Å². The molecule has 0 amide bonds. The van der Waals surface area contributed by atoms with Crippen LogP contribution in [0, 0.1) is 0 Å². The monoisotopic (exact) mass is 213 g/mol. The molecule has 1 rings (SSSR count). The Morgan fingerprint density at radius 1 is 1.47 bits per heavy atom. The van der Waals surface area contributed by atoms with Crippen LogP contribution in [0.4, 0.5) is 0 Å². The molecular formula is C11H19NO3. The smallest absolute Gasteiger partial charge is 0.284 e. The fourth-order valence-corrected chi connectivity index (χ4v) is 1.35. The quantitative estimate of drug-likeness (QED) is 0.755. The van der Waals surface area contributed by atoms with Crippen molar-refractivity contribution in [1.29, 1.82) is 0 Å². The molecule has 0 saturated carbocycles. The molecule has 1 heterocycles. The SMILES string of the molecule is CCOc1ccc(C(C)NC(C)CO)o1. The third-order valence-corrected chi connectivity index (χ3v) is 2.12. The first-order valence-corrected chi connectivity index (χ1v) is 5.26. The van der Waals surface area contributed by atoms with Gasteiger partial charge in [0.25, 0.3) is 5.95 Å². The van der Waals surface area contributed by atoms with Crippen molar-refractivity contribution >= 4 is 0 Å². The van der Waals surface area contributed by atoms with Crippen molar-refractivity contribution in [1.82, 2.24) is 5.32 Å². The van der Waals surface area contributed by atoms with Gasteiger partial charge in [0, 0.05) is 12.1 Å². The van der Waals surface area contributed by atoms with E-state index in [1.165, 1.54) is 0 Å². The highest BCUT2D eigenvalue weighted by Gasteiger charge is 2.12. The summed E-state index contributed by atoms with van der Waals surface area (Å²) >= 11 is 0. The Morgan fingerprint density at radius 3 is 2.80 bits per heavy atom. The second-order valence-corrected chi connectivity index (χ2v) is 3.56. The summed E-state index contributed by atoms with van der Waals surface area (Å²) in [5.74, 6) is 1.36. The third-order valence-electron chi connectivity index (χ3n) is 2.12. The van der Waals surface area contributed by atoms with Crippen LogP contribution in [-0.4, -0.2) is 24.4 Å². The van der Waals surface area contributed by atoms with Gasteiger partial charge in [-0.15, -0.1) is 0 Å². The summed E-state index contributed by atoms with van der Waals surface area (Å²) < 4.78 is 10.7. The van der Waals surface area contributed by atoms with Crippen molar-refractivity contribution in [2.75, 3.05) is 13.2 Å². The highest BCUT2D eigenvalue weighted by atomic mass is 16.6. The van der Waals surface area contributed by atoms with E-state index in [2.05, 4.69) is 5.32 Å². The molecule has 4 heteroatoms. The molecule has 2 unspecified atom stereocenters. The van der Waals surface area contributed by atoms with Crippen molar-refractivity contribution in [2.24, 2.45) is 0 Å². The second-order valence-electron chi connectivity index (χ2n) is 3.56. The zero-order valence-electron chi connectivity index (χ0n) is 9.49. The Hall–Kier alpha value is -1.00. The van der Waals surface area contributed by atoms with E-state index in [9.17, 15) is 0 Å².